The Labute approximate surface area is 113 Å². The highest BCUT2D eigenvalue weighted by atomic mass is 127. The first kappa shape index (κ1) is 11.9. The molecular formula is C11H11ClIN3. The van der Waals surface area contributed by atoms with E-state index >= 15 is 0 Å². The number of aromatic nitrogens is 3. The fourth-order valence-electron chi connectivity index (χ4n) is 1.37. The summed E-state index contributed by atoms with van der Waals surface area (Å²) in [4.78, 5) is 0. The van der Waals surface area contributed by atoms with Crippen LogP contribution in [0.5, 0.6) is 0 Å². The highest BCUT2D eigenvalue weighted by Gasteiger charge is 2.10. The molecule has 0 spiro atoms. The van der Waals surface area contributed by atoms with Crippen molar-refractivity contribution in [1.29, 1.82) is 0 Å². The number of benzene rings is 1. The van der Waals surface area contributed by atoms with E-state index in [1.165, 1.54) is 3.57 Å². The molecule has 1 aromatic carbocycles. The lowest BCUT2D eigenvalue weighted by atomic mass is 10.2. The first-order valence-electron chi connectivity index (χ1n) is 5.03. The van der Waals surface area contributed by atoms with Crippen LogP contribution in [0, 0.1) is 3.57 Å². The van der Waals surface area contributed by atoms with Crippen molar-refractivity contribution in [2.75, 3.05) is 0 Å². The van der Waals surface area contributed by atoms with E-state index < -0.39 is 0 Å². The Morgan fingerprint density at radius 2 is 2.31 bits per heavy atom. The van der Waals surface area contributed by atoms with E-state index in [-0.39, 0.29) is 5.38 Å². The predicted molar refractivity (Wildman–Crippen MR) is 73.0 cm³/mol. The van der Waals surface area contributed by atoms with Crippen LogP contribution in [0.1, 0.15) is 24.4 Å². The van der Waals surface area contributed by atoms with Crippen molar-refractivity contribution in [3.63, 3.8) is 0 Å². The molecule has 1 unspecified atom stereocenters. The van der Waals surface area contributed by atoms with Gasteiger partial charge >= 0.3 is 0 Å². The Bertz CT molecular complexity index is 484. The molecule has 0 aliphatic heterocycles. The van der Waals surface area contributed by atoms with Crippen molar-refractivity contribution in [3.8, 4) is 5.69 Å². The molecule has 0 aliphatic carbocycles. The smallest absolute Gasteiger partial charge is 0.101 e. The third-order valence-corrected chi connectivity index (χ3v) is 3.47. The Morgan fingerprint density at radius 1 is 1.50 bits per heavy atom. The predicted octanol–water partition coefficient (Wildman–Crippen LogP) is 3.56. The Hall–Kier alpha value is -0.620. The molecule has 0 aliphatic rings. The molecule has 1 atom stereocenters. The molecule has 5 heteroatoms. The summed E-state index contributed by atoms with van der Waals surface area (Å²) in [5, 5.41) is 8.09. The highest BCUT2D eigenvalue weighted by Crippen LogP contribution is 2.22. The van der Waals surface area contributed by atoms with Gasteiger partial charge < -0.3 is 0 Å². The summed E-state index contributed by atoms with van der Waals surface area (Å²) < 4.78 is 2.92. The van der Waals surface area contributed by atoms with Gasteiger partial charge in [-0.25, -0.2) is 4.68 Å². The largest absolute Gasteiger partial charge is 0.220 e. The van der Waals surface area contributed by atoms with Gasteiger partial charge in [-0.05, 0) is 47.2 Å². The van der Waals surface area contributed by atoms with Crippen LogP contribution in [0.3, 0.4) is 0 Å². The van der Waals surface area contributed by atoms with Gasteiger partial charge in [0.2, 0.25) is 0 Å². The van der Waals surface area contributed by atoms with Crippen LogP contribution in [-0.4, -0.2) is 15.0 Å². The molecule has 84 valence electrons. The van der Waals surface area contributed by atoms with Gasteiger partial charge in [0.15, 0.2) is 0 Å². The van der Waals surface area contributed by atoms with Crippen molar-refractivity contribution in [2.45, 2.75) is 18.7 Å². The maximum absolute atomic E-state index is 6.11. The van der Waals surface area contributed by atoms with E-state index in [1.807, 2.05) is 37.4 Å². The van der Waals surface area contributed by atoms with E-state index in [2.05, 4.69) is 32.9 Å². The second-order valence-corrected chi connectivity index (χ2v) is 5.22. The summed E-state index contributed by atoms with van der Waals surface area (Å²) in [7, 11) is 0. The first-order valence-corrected chi connectivity index (χ1v) is 6.54. The Kier molecular flexibility index (Phi) is 3.81. The van der Waals surface area contributed by atoms with Gasteiger partial charge in [-0.3, -0.25) is 0 Å². The summed E-state index contributed by atoms with van der Waals surface area (Å²) in [5.41, 5.74) is 1.83. The van der Waals surface area contributed by atoms with E-state index in [0.29, 0.717) is 0 Å². The van der Waals surface area contributed by atoms with Gasteiger partial charge in [-0.2, -0.15) is 0 Å². The number of hydrogen-bond acceptors (Lipinski definition) is 2. The van der Waals surface area contributed by atoms with Crippen molar-refractivity contribution in [2.24, 2.45) is 0 Å². The maximum Gasteiger partial charge on any atom is 0.101 e. The molecule has 0 N–H and O–H groups in total. The van der Waals surface area contributed by atoms with Gasteiger partial charge in [0.1, 0.15) is 5.69 Å². The van der Waals surface area contributed by atoms with Crippen LogP contribution in [-0.2, 0) is 0 Å². The van der Waals surface area contributed by atoms with E-state index in [0.717, 1.165) is 17.8 Å². The Balaban J connectivity index is 2.31. The third-order valence-electron chi connectivity index (χ3n) is 2.26. The molecule has 0 saturated heterocycles. The zero-order valence-corrected chi connectivity index (χ0v) is 11.7. The standard InChI is InChI=1S/C11H11ClIN3/c1-2-10(12)11-7-16(15-14-11)9-5-3-4-8(13)6-9/h3-7,10H,2H2,1H3. The second-order valence-electron chi connectivity index (χ2n) is 3.44. The minimum Gasteiger partial charge on any atom is -0.220 e. The van der Waals surface area contributed by atoms with Gasteiger partial charge in [0.05, 0.1) is 17.3 Å². The lowest BCUT2D eigenvalue weighted by Gasteiger charge is -2.00. The van der Waals surface area contributed by atoms with Crippen LogP contribution in [0.4, 0.5) is 0 Å². The van der Waals surface area contributed by atoms with E-state index in [9.17, 15) is 0 Å². The van der Waals surface area contributed by atoms with Crippen molar-refractivity contribution in [3.05, 3.63) is 39.7 Å². The molecule has 0 saturated carbocycles. The molecule has 3 nitrogen and oxygen atoms in total. The zero-order valence-electron chi connectivity index (χ0n) is 8.77. The maximum atomic E-state index is 6.11. The first-order chi connectivity index (χ1) is 7.70. The normalized spacial score (nSPS) is 12.7. The van der Waals surface area contributed by atoms with Crippen LogP contribution >= 0.6 is 34.2 Å². The zero-order chi connectivity index (χ0) is 11.5. The van der Waals surface area contributed by atoms with Crippen LogP contribution in [0.25, 0.3) is 5.69 Å². The van der Waals surface area contributed by atoms with Crippen LogP contribution in [0.2, 0.25) is 0 Å². The molecule has 1 aromatic heterocycles. The lowest BCUT2D eigenvalue weighted by Crippen LogP contribution is -1.94. The van der Waals surface area contributed by atoms with Crippen molar-refractivity contribution in [1.82, 2.24) is 15.0 Å². The van der Waals surface area contributed by atoms with Crippen molar-refractivity contribution >= 4 is 34.2 Å². The highest BCUT2D eigenvalue weighted by molar-refractivity contribution is 14.1. The lowest BCUT2D eigenvalue weighted by molar-refractivity contribution is 0.785. The summed E-state index contributed by atoms with van der Waals surface area (Å²) >= 11 is 8.38. The summed E-state index contributed by atoms with van der Waals surface area (Å²) in [6.07, 6.45) is 2.74. The molecule has 2 aromatic rings. The minimum absolute atomic E-state index is 0.0588. The molecule has 1 heterocycles. The molecule has 2 rings (SSSR count). The fourth-order valence-corrected chi connectivity index (χ4v) is 2.00. The molecule has 0 bridgehead atoms. The second kappa shape index (κ2) is 5.14. The number of alkyl halides is 1. The fraction of sp³-hybridized carbons (Fsp3) is 0.273. The monoisotopic (exact) mass is 347 g/mol. The average molecular weight is 348 g/mol. The molecule has 0 radical (unpaired) electrons. The number of nitrogens with zero attached hydrogens (tertiary/aromatic N) is 3. The summed E-state index contributed by atoms with van der Waals surface area (Å²) in [5.74, 6) is 0. The molecular weight excluding hydrogens is 336 g/mol. The van der Waals surface area contributed by atoms with Gasteiger partial charge in [-0.15, -0.1) is 16.7 Å². The number of rotatable bonds is 3. The van der Waals surface area contributed by atoms with Gasteiger partial charge in [0, 0.05) is 3.57 Å². The number of halogens is 2. The SMILES string of the molecule is CCC(Cl)c1cn(-c2cccc(I)c2)nn1. The average Bonchev–Trinajstić information content (AvgIpc) is 2.77. The van der Waals surface area contributed by atoms with Gasteiger partial charge in [0.25, 0.3) is 0 Å². The van der Waals surface area contributed by atoms with Gasteiger partial charge in [-0.1, -0.05) is 18.2 Å². The van der Waals surface area contributed by atoms with E-state index in [4.69, 9.17) is 11.6 Å². The third kappa shape index (κ3) is 2.55. The number of hydrogen-bond donors (Lipinski definition) is 0. The molecule has 0 fully saturated rings. The molecule has 0 amide bonds. The topological polar surface area (TPSA) is 30.7 Å². The van der Waals surface area contributed by atoms with E-state index in [1.54, 1.807) is 4.68 Å². The van der Waals surface area contributed by atoms with Crippen molar-refractivity contribution < 1.29 is 0 Å². The summed E-state index contributed by atoms with van der Waals surface area (Å²) in [6.45, 7) is 2.03. The quantitative estimate of drug-likeness (QED) is 0.628. The Morgan fingerprint density at radius 3 is 3.00 bits per heavy atom. The van der Waals surface area contributed by atoms with Crippen LogP contribution in [0.15, 0.2) is 30.5 Å². The minimum atomic E-state index is -0.0588. The summed E-state index contributed by atoms with van der Waals surface area (Å²) in [6, 6.07) is 8.08. The van der Waals surface area contributed by atoms with Crippen LogP contribution < -0.4 is 0 Å². The molecule has 16 heavy (non-hydrogen) atoms.